The summed E-state index contributed by atoms with van der Waals surface area (Å²) in [5.74, 6) is 0.702. The van der Waals surface area contributed by atoms with Crippen LogP contribution in [0.5, 0.6) is 0 Å². The van der Waals surface area contributed by atoms with Gasteiger partial charge in [0.25, 0.3) is 0 Å². The van der Waals surface area contributed by atoms with Crippen molar-refractivity contribution in [2.24, 2.45) is 5.92 Å². The lowest BCUT2D eigenvalue weighted by Gasteiger charge is -2.25. The summed E-state index contributed by atoms with van der Waals surface area (Å²) in [6.45, 7) is 0.763. The quantitative estimate of drug-likeness (QED) is 0.899. The highest BCUT2D eigenvalue weighted by molar-refractivity contribution is 8.01. The average molecular weight is 291 g/mol. The summed E-state index contributed by atoms with van der Waals surface area (Å²) >= 11 is 1.68. The third-order valence-corrected chi connectivity index (χ3v) is 5.64. The van der Waals surface area contributed by atoms with Crippen molar-refractivity contribution >= 4 is 17.7 Å². The second kappa shape index (κ2) is 6.19. The molecule has 0 radical (unpaired) electrons. The Bertz CT molecular complexity index is 458. The number of amides is 1. The molecule has 108 valence electrons. The highest BCUT2D eigenvalue weighted by atomic mass is 32.2. The Morgan fingerprint density at radius 1 is 1.25 bits per heavy atom. The minimum Gasteiger partial charge on any atom is -0.393 e. The topological polar surface area (TPSA) is 49.3 Å². The molecule has 1 saturated carbocycles. The molecular weight excluding hydrogens is 270 g/mol. The fourth-order valence-electron chi connectivity index (χ4n) is 3.04. The number of thioether (sulfide) groups is 1. The predicted octanol–water partition coefficient (Wildman–Crippen LogP) is 2.37. The number of fused-ring (bicyclic) bond motifs is 1. The molecule has 2 aliphatic rings. The maximum absolute atomic E-state index is 12.2. The number of rotatable bonds is 3. The van der Waals surface area contributed by atoms with Crippen molar-refractivity contribution in [3.63, 3.8) is 0 Å². The molecule has 4 heteroatoms. The van der Waals surface area contributed by atoms with Gasteiger partial charge in [-0.25, -0.2) is 0 Å². The van der Waals surface area contributed by atoms with Crippen LogP contribution >= 0.6 is 11.8 Å². The molecule has 1 aliphatic carbocycles. The van der Waals surface area contributed by atoms with Crippen LogP contribution in [0.4, 0.5) is 0 Å². The van der Waals surface area contributed by atoms with Gasteiger partial charge in [-0.05, 0) is 49.7 Å². The summed E-state index contributed by atoms with van der Waals surface area (Å²) in [5.41, 5.74) is 1.29. The normalized spacial score (nSPS) is 28.9. The van der Waals surface area contributed by atoms with Crippen LogP contribution in [0.25, 0.3) is 0 Å². The molecule has 0 spiro atoms. The van der Waals surface area contributed by atoms with E-state index in [0.717, 1.165) is 38.6 Å². The molecule has 1 amide bonds. The summed E-state index contributed by atoms with van der Waals surface area (Å²) in [7, 11) is 0. The van der Waals surface area contributed by atoms with Gasteiger partial charge >= 0.3 is 0 Å². The summed E-state index contributed by atoms with van der Waals surface area (Å²) < 4.78 is 0. The molecule has 0 aromatic heterocycles. The Labute approximate surface area is 124 Å². The summed E-state index contributed by atoms with van der Waals surface area (Å²) in [5, 5.41) is 12.6. The lowest BCUT2D eigenvalue weighted by atomic mass is 9.87. The first-order valence-corrected chi connectivity index (χ1v) is 8.30. The maximum Gasteiger partial charge on any atom is 0.233 e. The van der Waals surface area contributed by atoms with Gasteiger partial charge in [0.2, 0.25) is 5.91 Å². The largest absolute Gasteiger partial charge is 0.393 e. The molecule has 0 bridgehead atoms. The lowest BCUT2D eigenvalue weighted by Crippen LogP contribution is -2.37. The Hall–Kier alpha value is -1.00. The van der Waals surface area contributed by atoms with Crippen LogP contribution in [0, 0.1) is 5.92 Å². The smallest absolute Gasteiger partial charge is 0.233 e. The van der Waals surface area contributed by atoms with Gasteiger partial charge in [0.1, 0.15) is 0 Å². The van der Waals surface area contributed by atoms with E-state index in [0.29, 0.717) is 5.92 Å². The van der Waals surface area contributed by atoms with Gasteiger partial charge < -0.3 is 10.4 Å². The minimum atomic E-state index is -0.123. The maximum atomic E-state index is 12.2. The molecule has 1 aromatic rings. The van der Waals surface area contributed by atoms with Crippen LogP contribution in [-0.2, 0) is 11.2 Å². The summed E-state index contributed by atoms with van der Waals surface area (Å²) in [6.07, 6.45) is 4.53. The molecule has 20 heavy (non-hydrogen) atoms. The number of aliphatic hydroxyl groups is 1. The number of aliphatic hydroxyl groups excluding tert-OH is 1. The van der Waals surface area contributed by atoms with Crippen LogP contribution in [0.3, 0.4) is 0 Å². The average Bonchev–Trinajstić information content (AvgIpc) is 2.90. The van der Waals surface area contributed by atoms with Crippen LogP contribution in [0.1, 0.15) is 31.2 Å². The van der Waals surface area contributed by atoms with E-state index in [1.54, 1.807) is 11.8 Å². The van der Waals surface area contributed by atoms with E-state index in [1.807, 2.05) is 12.1 Å². The molecular formula is C16H21NO2S. The minimum absolute atomic E-state index is 0.0292. The van der Waals surface area contributed by atoms with E-state index < -0.39 is 0 Å². The summed E-state index contributed by atoms with van der Waals surface area (Å²) in [6, 6.07) is 8.26. The molecule has 1 fully saturated rings. The molecule has 1 aromatic carbocycles. The van der Waals surface area contributed by atoms with E-state index in [-0.39, 0.29) is 17.3 Å². The highest BCUT2D eigenvalue weighted by Crippen LogP contribution is 2.36. The van der Waals surface area contributed by atoms with Crippen molar-refractivity contribution in [3.8, 4) is 0 Å². The van der Waals surface area contributed by atoms with Crippen molar-refractivity contribution in [1.82, 2.24) is 5.32 Å². The van der Waals surface area contributed by atoms with E-state index >= 15 is 0 Å². The van der Waals surface area contributed by atoms with Gasteiger partial charge in [-0.3, -0.25) is 4.79 Å². The number of nitrogens with one attached hydrogen (secondary N) is 1. The van der Waals surface area contributed by atoms with Gasteiger partial charge in [0.15, 0.2) is 0 Å². The first-order valence-electron chi connectivity index (χ1n) is 7.42. The third kappa shape index (κ3) is 3.18. The zero-order valence-electron chi connectivity index (χ0n) is 11.5. The number of hydrogen-bond acceptors (Lipinski definition) is 3. The predicted molar refractivity (Wildman–Crippen MR) is 80.8 cm³/mol. The van der Waals surface area contributed by atoms with Crippen LogP contribution < -0.4 is 5.32 Å². The Balaban J connectivity index is 1.47. The third-order valence-electron chi connectivity index (χ3n) is 4.32. The molecule has 2 N–H and O–H groups in total. The van der Waals surface area contributed by atoms with E-state index in [9.17, 15) is 9.90 Å². The standard InChI is InChI=1S/C16H21NO2S/c18-13-7-5-11(6-8-13)10-17-16(19)15-9-12-3-1-2-4-14(12)20-15/h1-4,11,13,15,18H,5-10H2,(H,17,19). The van der Waals surface area contributed by atoms with E-state index in [4.69, 9.17) is 0 Å². The molecule has 3 nitrogen and oxygen atoms in total. The van der Waals surface area contributed by atoms with Crippen molar-refractivity contribution in [2.45, 2.75) is 48.4 Å². The highest BCUT2D eigenvalue weighted by Gasteiger charge is 2.28. The number of carbonyl (C=O) groups excluding carboxylic acids is 1. The monoisotopic (exact) mass is 291 g/mol. The van der Waals surface area contributed by atoms with Gasteiger partial charge in [-0.15, -0.1) is 11.8 Å². The molecule has 1 aliphatic heterocycles. The van der Waals surface area contributed by atoms with Gasteiger partial charge in [-0.1, -0.05) is 18.2 Å². The number of carbonyl (C=O) groups is 1. The number of hydrogen-bond donors (Lipinski definition) is 2. The fourth-order valence-corrected chi connectivity index (χ4v) is 4.26. The zero-order valence-corrected chi connectivity index (χ0v) is 12.4. The Kier molecular flexibility index (Phi) is 4.32. The lowest BCUT2D eigenvalue weighted by molar-refractivity contribution is -0.120. The first kappa shape index (κ1) is 14.0. The second-order valence-corrected chi connectivity index (χ2v) is 7.08. The Morgan fingerprint density at radius 3 is 2.75 bits per heavy atom. The second-order valence-electron chi connectivity index (χ2n) is 5.84. The van der Waals surface area contributed by atoms with E-state index in [1.165, 1.54) is 10.5 Å². The van der Waals surface area contributed by atoms with E-state index in [2.05, 4.69) is 17.4 Å². The van der Waals surface area contributed by atoms with Gasteiger partial charge in [0, 0.05) is 11.4 Å². The molecule has 1 atom stereocenters. The fraction of sp³-hybridized carbons (Fsp3) is 0.562. The molecule has 3 rings (SSSR count). The molecule has 1 heterocycles. The van der Waals surface area contributed by atoms with Crippen molar-refractivity contribution in [3.05, 3.63) is 29.8 Å². The van der Waals surface area contributed by atoms with Crippen LogP contribution in [0.15, 0.2) is 29.2 Å². The molecule has 0 saturated heterocycles. The van der Waals surface area contributed by atoms with Crippen LogP contribution in [0.2, 0.25) is 0 Å². The first-order chi connectivity index (χ1) is 9.72. The van der Waals surface area contributed by atoms with Crippen LogP contribution in [-0.4, -0.2) is 28.9 Å². The Morgan fingerprint density at radius 2 is 2.00 bits per heavy atom. The SMILES string of the molecule is O=C(NCC1CCC(O)CC1)C1Cc2ccccc2S1. The molecule has 1 unspecified atom stereocenters. The van der Waals surface area contributed by atoms with Crippen molar-refractivity contribution in [2.75, 3.05) is 6.54 Å². The zero-order chi connectivity index (χ0) is 13.9. The van der Waals surface area contributed by atoms with Gasteiger partial charge in [0.05, 0.1) is 11.4 Å². The number of benzene rings is 1. The van der Waals surface area contributed by atoms with Crippen molar-refractivity contribution in [1.29, 1.82) is 0 Å². The summed E-state index contributed by atoms with van der Waals surface area (Å²) in [4.78, 5) is 13.5. The van der Waals surface area contributed by atoms with Crippen molar-refractivity contribution < 1.29 is 9.90 Å². The van der Waals surface area contributed by atoms with Gasteiger partial charge in [-0.2, -0.15) is 0 Å².